The average molecular weight is 512 g/mol. The normalized spacial score (nSPS) is 11.5. The Hall–Kier alpha value is -5.55. The largest absolute Gasteiger partial charge is 0.255 e. The van der Waals surface area contributed by atoms with E-state index in [-0.39, 0.29) is 0 Å². The zero-order valence-electron chi connectivity index (χ0n) is 21.4. The standard InChI is InChI=1S/C35H21N5/c1-2-18-36-30(5-1)31-16-11-26-20-24(9-13-28(26)38-31)25-10-14-29-27(21-25)12-17-32(39-29)33-15-8-23-7-6-22-4-3-19-37-34(22)35(23)40-33/h1-21H. The zero-order chi connectivity index (χ0) is 26.5. The Morgan fingerprint density at radius 3 is 1.60 bits per heavy atom. The Bertz CT molecular complexity index is 2220. The van der Waals surface area contributed by atoms with Gasteiger partial charge in [0.05, 0.1) is 44.8 Å². The molecular weight excluding hydrogens is 490 g/mol. The van der Waals surface area contributed by atoms with Gasteiger partial charge in [0.15, 0.2) is 0 Å². The van der Waals surface area contributed by atoms with Crippen LogP contribution in [0.15, 0.2) is 128 Å². The molecule has 0 amide bonds. The summed E-state index contributed by atoms with van der Waals surface area (Å²) in [6, 6.07) is 39.3. The molecule has 0 bridgehead atoms. The van der Waals surface area contributed by atoms with E-state index in [0.717, 1.165) is 77.5 Å². The van der Waals surface area contributed by atoms with Gasteiger partial charge in [-0.2, -0.15) is 0 Å². The molecule has 8 aromatic rings. The Balaban J connectivity index is 1.15. The molecule has 0 spiro atoms. The minimum atomic E-state index is 0.837. The highest BCUT2D eigenvalue weighted by molar-refractivity contribution is 6.03. The SMILES string of the molecule is c1ccc(-c2ccc3cc(-c4ccc5nc(-c6ccc7ccc8cccnc8c7n6)ccc5c4)ccc3n2)nc1. The number of benzene rings is 3. The second-order valence-electron chi connectivity index (χ2n) is 9.83. The first-order valence-corrected chi connectivity index (χ1v) is 13.2. The van der Waals surface area contributed by atoms with Crippen LogP contribution < -0.4 is 0 Å². The summed E-state index contributed by atoms with van der Waals surface area (Å²) >= 11 is 0. The summed E-state index contributed by atoms with van der Waals surface area (Å²) in [5.41, 5.74) is 9.39. The summed E-state index contributed by atoms with van der Waals surface area (Å²) in [6.07, 6.45) is 3.60. The molecule has 0 aliphatic heterocycles. The fourth-order valence-electron chi connectivity index (χ4n) is 5.28. The quantitative estimate of drug-likeness (QED) is 0.223. The minimum Gasteiger partial charge on any atom is -0.255 e. The molecule has 186 valence electrons. The summed E-state index contributed by atoms with van der Waals surface area (Å²) in [6.45, 7) is 0. The van der Waals surface area contributed by atoms with Crippen molar-refractivity contribution < 1.29 is 0 Å². The molecule has 5 heterocycles. The van der Waals surface area contributed by atoms with Gasteiger partial charge in [-0.05, 0) is 71.8 Å². The molecule has 0 saturated carbocycles. The van der Waals surface area contributed by atoms with Crippen LogP contribution in [0.25, 0.3) is 77.5 Å². The van der Waals surface area contributed by atoms with E-state index in [4.69, 9.17) is 15.0 Å². The Kier molecular flexibility index (Phi) is 5.07. The van der Waals surface area contributed by atoms with Crippen LogP contribution in [-0.4, -0.2) is 24.9 Å². The first kappa shape index (κ1) is 22.4. The summed E-state index contributed by atoms with van der Waals surface area (Å²) in [7, 11) is 0. The number of rotatable bonds is 3. The molecule has 40 heavy (non-hydrogen) atoms. The molecule has 5 aromatic heterocycles. The summed E-state index contributed by atoms with van der Waals surface area (Å²) in [4.78, 5) is 23.7. The van der Waals surface area contributed by atoms with Crippen LogP contribution in [-0.2, 0) is 0 Å². The van der Waals surface area contributed by atoms with E-state index in [2.05, 4.69) is 82.8 Å². The van der Waals surface area contributed by atoms with Gasteiger partial charge in [0.1, 0.15) is 0 Å². The first-order valence-electron chi connectivity index (χ1n) is 13.2. The third-order valence-electron chi connectivity index (χ3n) is 7.33. The molecule has 0 atom stereocenters. The van der Waals surface area contributed by atoms with Gasteiger partial charge in [0.25, 0.3) is 0 Å². The topological polar surface area (TPSA) is 64.5 Å². The van der Waals surface area contributed by atoms with E-state index in [1.165, 1.54) is 0 Å². The minimum absolute atomic E-state index is 0.837. The lowest BCUT2D eigenvalue weighted by molar-refractivity contribution is 1.28. The smallest absolute Gasteiger partial charge is 0.0972 e. The van der Waals surface area contributed by atoms with Crippen molar-refractivity contribution in [2.24, 2.45) is 0 Å². The van der Waals surface area contributed by atoms with Crippen molar-refractivity contribution in [2.75, 3.05) is 0 Å². The molecule has 0 radical (unpaired) electrons. The lowest BCUT2D eigenvalue weighted by Gasteiger charge is -2.09. The highest BCUT2D eigenvalue weighted by atomic mass is 14.8. The van der Waals surface area contributed by atoms with Crippen molar-refractivity contribution in [3.05, 3.63) is 128 Å². The van der Waals surface area contributed by atoms with Crippen LogP contribution in [0.2, 0.25) is 0 Å². The predicted octanol–water partition coefficient (Wildman–Crippen LogP) is 8.28. The Morgan fingerprint density at radius 1 is 0.350 bits per heavy atom. The van der Waals surface area contributed by atoms with E-state index in [1.54, 1.807) is 6.20 Å². The average Bonchev–Trinajstić information content (AvgIpc) is 3.04. The van der Waals surface area contributed by atoms with E-state index >= 15 is 0 Å². The highest BCUT2D eigenvalue weighted by Gasteiger charge is 2.10. The van der Waals surface area contributed by atoms with Crippen molar-refractivity contribution in [1.29, 1.82) is 0 Å². The third-order valence-corrected chi connectivity index (χ3v) is 7.33. The van der Waals surface area contributed by atoms with Crippen LogP contribution in [0.1, 0.15) is 0 Å². The molecule has 0 fully saturated rings. The van der Waals surface area contributed by atoms with E-state index in [9.17, 15) is 0 Å². The van der Waals surface area contributed by atoms with Gasteiger partial charge in [-0.3, -0.25) is 9.97 Å². The van der Waals surface area contributed by atoms with Crippen molar-refractivity contribution in [3.8, 4) is 33.9 Å². The van der Waals surface area contributed by atoms with Gasteiger partial charge in [-0.1, -0.05) is 54.6 Å². The molecule has 0 aliphatic carbocycles. The molecule has 5 nitrogen and oxygen atoms in total. The lowest BCUT2D eigenvalue weighted by Crippen LogP contribution is -1.91. The monoisotopic (exact) mass is 511 g/mol. The molecule has 8 rings (SSSR count). The van der Waals surface area contributed by atoms with Gasteiger partial charge in [0.2, 0.25) is 0 Å². The maximum atomic E-state index is 4.97. The van der Waals surface area contributed by atoms with Crippen LogP contribution in [0.3, 0.4) is 0 Å². The van der Waals surface area contributed by atoms with Gasteiger partial charge >= 0.3 is 0 Å². The van der Waals surface area contributed by atoms with Gasteiger partial charge in [0, 0.05) is 33.9 Å². The van der Waals surface area contributed by atoms with Crippen molar-refractivity contribution in [1.82, 2.24) is 24.9 Å². The molecule has 0 N–H and O–H groups in total. The van der Waals surface area contributed by atoms with Gasteiger partial charge < -0.3 is 0 Å². The maximum Gasteiger partial charge on any atom is 0.0972 e. The number of fused-ring (bicyclic) bond motifs is 5. The van der Waals surface area contributed by atoms with E-state index < -0.39 is 0 Å². The Morgan fingerprint density at radius 2 is 0.925 bits per heavy atom. The lowest BCUT2D eigenvalue weighted by atomic mass is 10.0. The van der Waals surface area contributed by atoms with E-state index in [0.29, 0.717) is 0 Å². The van der Waals surface area contributed by atoms with Gasteiger partial charge in [-0.15, -0.1) is 0 Å². The molecule has 0 unspecified atom stereocenters. The molecule has 0 saturated heterocycles. The summed E-state index contributed by atoms with van der Waals surface area (Å²) in [5, 5.41) is 4.32. The summed E-state index contributed by atoms with van der Waals surface area (Å²) in [5.74, 6) is 0. The van der Waals surface area contributed by atoms with Crippen molar-refractivity contribution in [2.45, 2.75) is 0 Å². The predicted molar refractivity (Wildman–Crippen MR) is 162 cm³/mol. The van der Waals surface area contributed by atoms with Crippen LogP contribution in [0.4, 0.5) is 0 Å². The van der Waals surface area contributed by atoms with Crippen LogP contribution >= 0.6 is 0 Å². The summed E-state index contributed by atoms with van der Waals surface area (Å²) < 4.78 is 0. The molecule has 3 aromatic carbocycles. The fraction of sp³-hybridized carbons (Fsp3) is 0. The number of nitrogens with zero attached hydrogens (tertiary/aromatic N) is 5. The first-order chi connectivity index (χ1) is 19.8. The second kappa shape index (κ2) is 9.03. The van der Waals surface area contributed by atoms with Gasteiger partial charge in [-0.25, -0.2) is 15.0 Å². The van der Waals surface area contributed by atoms with Crippen molar-refractivity contribution in [3.63, 3.8) is 0 Å². The number of aromatic nitrogens is 5. The van der Waals surface area contributed by atoms with Crippen LogP contribution in [0.5, 0.6) is 0 Å². The van der Waals surface area contributed by atoms with Crippen molar-refractivity contribution >= 4 is 43.6 Å². The Labute approximate surface area is 229 Å². The third kappa shape index (κ3) is 3.84. The highest BCUT2D eigenvalue weighted by Crippen LogP contribution is 2.30. The fourth-order valence-corrected chi connectivity index (χ4v) is 5.28. The maximum absolute atomic E-state index is 4.97. The number of hydrogen-bond donors (Lipinski definition) is 0. The van der Waals surface area contributed by atoms with E-state index in [1.807, 2.05) is 48.7 Å². The second-order valence-corrected chi connectivity index (χ2v) is 9.83. The number of hydrogen-bond acceptors (Lipinski definition) is 5. The molecule has 0 aliphatic rings. The zero-order valence-corrected chi connectivity index (χ0v) is 21.4. The molecule has 5 heteroatoms. The van der Waals surface area contributed by atoms with Crippen LogP contribution in [0, 0.1) is 0 Å². The molecular formula is C35H21N5. The number of pyridine rings is 5.